The van der Waals surface area contributed by atoms with Crippen molar-refractivity contribution in [3.05, 3.63) is 285 Å². The van der Waals surface area contributed by atoms with E-state index >= 15 is 19.2 Å². The number of ether oxygens (including phenoxy) is 2. The average molecular weight is 1610 g/mol. The summed E-state index contributed by atoms with van der Waals surface area (Å²) >= 11 is 0. The fraction of sp³-hybridized carbons (Fsp3) is 0.321. The Hall–Kier alpha value is -12.2. The molecule has 13 aromatic carbocycles. The van der Waals surface area contributed by atoms with Crippen molar-refractivity contribution in [1.29, 1.82) is 0 Å². The lowest BCUT2D eigenvalue weighted by Gasteiger charge is -2.31. The van der Waals surface area contributed by atoms with E-state index in [0.29, 0.717) is 101 Å². The summed E-state index contributed by atoms with van der Waals surface area (Å²) in [5.74, 6) is 14.0. The van der Waals surface area contributed by atoms with Crippen molar-refractivity contribution in [3.8, 4) is 46.6 Å². The molecule has 0 spiro atoms. The predicted octanol–water partition coefficient (Wildman–Crippen LogP) is 28.7. The molecule has 122 heavy (non-hydrogen) atoms. The van der Waals surface area contributed by atoms with Crippen molar-refractivity contribution in [2.24, 2.45) is 0 Å². The van der Waals surface area contributed by atoms with E-state index < -0.39 is 23.6 Å². The number of carbonyl (C=O) groups excluding carboxylic acids is 4. The van der Waals surface area contributed by atoms with Gasteiger partial charge in [-0.3, -0.25) is 29.0 Å². The number of hydrogen-bond donors (Lipinski definition) is 0. The molecule has 2 aliphatic heterocycles. The number of imide groups is 2. The highest BCUT2D eigenvalue weighted by Crippen LogP contribution is 2.50. The summed E-state index contributed by atoms with van der Waals surface area (Å²) in [4.78, 5) is 65.8. The zero-order valence-electron chi connectivity index (χ0n) is 71.7. The largest absolute Gasteiger partial charge is 0.490 e. The molecule has 2 aliphatic rings. The number of fused-ring (bicyclic) bond motifs is 8. The minimum atomic E-state index is -0.451. The lowest BCUT2D eigenvalue weighted by atomic mass is 9.79. The SMILES string of the molecule is CCCCCCCCCCCCCCCCOc1ccc(CN2C(=O)c3ccc4c5c(C#Cc6ccc(-n7c8ccccc8c8ccccc87)cc6)cc6c7c(ccc(c8c(C#Cc9ccc(-n%10c%11ccccc%11c%11ccccc%11%10)cc9)cc(c3c48)C2=O)c75)C(=O)N(Cc2ccc(C)c(C)c2)C6=O)cc1OCCCCCCCCCCCCCCCC. The van der Waals surface area contributed by atoms with Gasteiger partial charge in [-0.1, -0.05) is 314 Å². The van der Waals surface area contributed by atoms with Crippen LogP contribution in [0.2, 0.25) is 0 Å². The Labute approximate surface area is 718 Å². The minimum absolute atomic E-state index is 0.0223. The van der Waals surface area contributed by atoms with Gasteiger partial charge in [-0.25, -0.2) is 0 Å². The number of nitrogens with zero attached hydrogens (tertiary/aromatic N) is 4. The molecule has 0 bridgehead atoms. The van der Waals surface area contributed by atoms with Crippen LogP contribution in [0.25, 0.3) is 98.1 Å². The van der Waals surface area contributed by atoms with E-state index in [9.17, 15) is 0 Å². The van der Waals surface area contributed by atoms with Crippen molar-refractivity contribution >= 4 is 110 Å². The zero-order chi connectivity index (χ0) is 83.4. The predicted molar refractivity (Wildman–Crippen MR) is 504 cm³/mol. The average Bonchev–Trinajstić information content (AvgIpc) is 0.778. The molecule has 4 amide bonds. The molecular weight excluding hydrogens is 1500 g/mol. The van der Waals surface area contributed by atoms with E-state index in [1.54, 1.807) is 0 Å². The van der Waals surface area contributed by atoms with Crippen molar-refractivity contribution in [3.63, 3.8) is 0 Å². The lowest BCUT2D eigenvalue weighted by Crippen LogP contribution is -2.40. The first kappa shape index (κ1) is 82.1. The van der Waals surface area contributed by atoms with Crippen LogP contribution in [0, 0.1) is 37.5 Å². The Morgan fingerprint density at radius 1 is 0.270 bits per heavy atom. The van der Waals surface area contributed by atoms with E-state index in [-0.39, 0.29) is 13.1 Å². The molecule has 2 aromatic heterocycles. The van der Waals surface area contributed by atoms with Gasteiger partial charge in [0.05, 0.1) is 48.4 Å². The lowest BCUT2D eigenvalue weighted by molar-refractivity contribution is 0.0583. The maximum absolute atomic E-state index is 16.1. The van der Waals surface area contributed by atoms with E-state index in [0.717, 1.165) is 92.5 Å². The highest BCUT2D eigenvalue weighted by Gasteiger charge is 2.39. The van der Waals surface area contributed by atoms with Crippen LogP contribution in [-0.2, 0) is 13.1 Å². The van der Waals surface area contributed by atoms with Crippen LogP contribution in [0.5, 0.6) is 11.5 Å². The van der Waals surface area contributed by atoms with Gasteiger partial charge in [0.15, 0.2) is 11.5 Å². The molecule has 0 saturated carbocycles. The van der Waals surface area contributed by atoms with Gasteiger partial charge >= 0.3 is 0 Å². The number of hydrogen-bond acceptors (Lipinski definition) is 6. The van der Waals surface area contributed by atoms with Crippen molar-refractivity contribution < 1.29 is 28.7 Å². The summed E-state index contributed by atoms with van der Waals surface area (Å²) in [5, 5.41) is 9.87. The Kier molecular flexibility index (Phi) is 25.7. The molecule has 10 nitrogen and oxygen atoms in total. The third-order valence-corrected chi connectivity index (χ3v) is 25.9. The molecule has 0 unspecified atom stereocenters. The minimum Gasteiger partial charge on any atom is -0.490 e. The van der Waals surface area contributed by atoms with Gasteiger partial charge in [-0.15, -0.1) is 0 Å². The monoisotopic (exact) mass is 1610 g/mol. The van der Waals surface area contributed by atoms with Gasteiger partial charge in [-0.05, 0) is 169 Å². The standard InChI is InChI=1S/C112H112N4O6/c1-5-7-9-11-13-15-17-19-21-23-25-27-29-39-69-121-101-68-57-82(72-102(101)122-70-40-30-28-26-24-22-20-18-16-14-12-10-8-6-2)76-114-110(118)94-67-65-92-103-83(58-51-79-53-60-85(61-54-79)115-97-45-35-31-41-87(97)88-42-32-36-46-98(88)115)73-95-105-93(109(117)113(111(95)119)75-81-50-49-77(3)78(4)71-81)66-64-91(107(103)105)104-84(74-96(112(114)120)106(94)108(92)104)59-52-80-55-62-86(63-56-80)116-99-47-37-33-43-89(99)90-44-34-38-48-100(90)116/h31-38,41-50,53-57,60-68,71-74H,5-30,39-40,69-70,75-76H2,1-4H3. The number of carbonyl (C=O) groups is 4. The third-order valence-electron chi connectivity index (χ3n) is 25.9. The number of unbranched alkanes of at least 4 members (excludes halogenated alkanes) is 26. The summed E-state index contributed by atoms with van der Waals surface area (Å²) in [6.45, 7) is 9.80. The van der Waals surface area contributed by atoms with Crippen LogP contribution in [0.3, 0.4) is 0 Å². The second-order valence-electron chi connectivity index (χ2n) is 34.3. The fourth-order valence-electron chi connectivity index (χ4n) is 19.2. The van der Waals surface area contributed by atoms with Crippen molar-refractivity contribution in [2.45, 2.75) is 221 Å². The highest BCUT2D eigenvalue weighted by atomic mass is 16.5. The maximum Gasteiger partial charge on any atom is 0.261 e. The smallest absolute Gasteiger partial charge is 0.261 e. The molecule has 0 N–H and O–H groups in total. The van der Waals surface area contributed by atoms with E-state index in [1.165, 1.54) is 185 Å². The summed E-state index contributed by atoms with van der Waals surface area (Å²) in [7, 11) is 0. The first-order valence-electron chi connectivity index (χ1n) is 45.7. The van der Waals surface area contributed by atoms with Crippen LogP contribution in [0.4, 0.5) is 0 Å². The van der Waals surface area contributed by atoms with Gasteiger partial charge in [-0.2, -0.15) is 0 Å². The Morgan fingerprint density at radius 3 is 0.984 bits per heavy atom. The molecule has 17 rings (SSSR count). The maximum atomic E-state index is 16.1. The number of aryl methyl sites for hydroxylation is 2. The van der Waals surface area contributed by atoms with Gasteiger partial charge in [0.1, 0.15) is 0 Å². The normalized spacial score (nSPS) is 12.7. The van der Waals surface area contributed by atoms with Gasteiger partial charge in [0.2, 0.25) is 0 Å². The Balaban J connectivity index is 0.730. The molecule has 4 heterocycles. The first-order valence-corrected chi connectivity index (χ1v) is 45.7. The van der Waals surface area contributed by atoms with Crippen LogP contribution < -0.4 is 9.47 Å². The summed E-state index contributed by atoms with van der Waals surface area (Å²) in [5.41, 5.74) is 14.2. The van der Waals surface area contributed by atoms with Crippen molar-refractivity contribution in [2.75, 3.05) is 13.2 Å². The fourth-order valence-corrected chi connectivity index (χ4v) is 19.2. The van der Waals surface area contributed by atoms with Crippen LogP contribution in [0.15, 0.2) is 218 Å². The molecule has 0 fully saturated rings. The molecule has 0 radical (unpaired) electrons. The van der Waals surface area contributed by atoms with E-state index in [2.05, 4.69) is 175 Å². The third kappa shape index (κ3) is 17.1. The number of benzene rings is 13. The number of para-hydroxylation sites is 4. The van der Waals surface area contributed by atoms with E-state index in [1.807, 2.05) is 104 Å². The van der Waals surface area contributed by atoms with Crippen molar-refractivity contribution in [1.82, 2.24) is 18.9 Å². The van der Waals surface area contributed by atoms with E-state index in [4.69, 9.17) is 9.47 Å². The second-order valence-corrected chi connectivity index (χ2v) is 34.3. The molecule has 0 atom stereocenters. The van der Waals surface area contributed by atoms with Crippen LogP contribution in [-0.4, -0.2) is 55.8 Å². The number of rotatable bonds is 38. The summed E-state index contributed by atoms with van der Waals surface area (Å²) in [6.07, 6.45) is 35.7. The topological polar surface area (TPSA) is 103 Å². The second kappa shape index (κ2) is 38.2. The van der Waals surface area contributed by atoms with Gasteiger partial charge in [0.25, 0.3) is 23.6 Å². The molecule has 616 valence electrons. The molecule has 0 aliphatic carbocycles. The highest BCUT2D eigenvalue weighted by molar-refractivity contribution is 6.42. The molecule has 0 saturated heterocycles. The van der Waals surface area contributed by atoms with Gasteiger partial charge in [0, 0.05) is 110 Å². The first-order chi connectivity index (χ1) is 60.0. The number of aromatic nitrogens is 2. The summed E-state index contributed by atoms with van der Waals surface area (Å²) in [6, 6.07) is 73.8. The molecule has 10 heteroatoms. The Morgan fingerprint density at radius 2 is 0.607 bits per heavy atom. The quantitative estimate of drug-likeness (QED) is 0.0126. The zero-order valence-corrected chi connectivity index (χ0v) is 71.7. The van der Waals surface area contributed by atoms with Crippen LogP contribution in [0.1, 0.15) is 280 Å². The van der Waals surface area contributed by atoms with Crippen LogP contribution >= 0.6 is 0 Å². The molecule has 15 aromatic rings. The van der Waals surface area contributed by atoms with Gasteiger partial charge < -0.3 is 18.6 Å². The summed E-state index contributed by atoms with van der Waals surface area (Å²) < 4.78 is 17.9. The Bertz CT molecular complexity index is 6420. The number of amides is 4. The molecular formula is C112H112N4O6.